The second-order valence-electron chi connectivity index (χ2n) is 5.59. The Kier molecular flexibility index (Phi) is 4.04. The normalized spacial score (nSPS) is 13.5. The summed E-state index contributed by atoms with van der Waals surface area (Å²) < 4.78 is 0. The van der Waals surface area contributed by atoms with Gasteiger partial charge < -0.3 is 15.5 Å². The maximum atomic E-state index is 12.3. The van der Waals surface area contributed by atoms with Gasteiger partial charge in [0, 0.05) is 24.4 Å². The van der Waals surface area contributed by atoms with Crippen molar-refractivity contribution in [1.82, 2.24) is 10.3 Å². The molecule has 0 fully saturated rings. The number of carbonyl (C=O) groups excluding carboxylic acids is 2. The highest BCUT2D eigenvalue weighted by atomic mass is 16.3. The van der Waals surface area contributed by atoms with E-state index in [1.54, 1.807) is 31.2 Å². The number of benzene rings is 1. The van der Waals surface area contributed by atoms with E-state index in [0.717, 1.165) is 5.56 Å². The molecule has 0 bridgehead atoms. The zero-order valence-electron chi connectivity index (χ0n) is 13.0. The van der Waals surface area contributed by atoms with E-state index in [1.165, 1.54) is 12.3 Å². The van der Waals surface area contributed by atoms with E-state index in [-0.39, 0.29) is 34.5 Å². The van der Waals surface area contributed by atoms with Crippen molar-refractivity contribution in [3.63, 3.8) is 0 Å². The predicted octanol–water partition coefficient (Wildman–Crippen LogP) is 1.90. The number of hydrogen-bond donors (Lipinski definition) is 3. The predicted molar refractivity (Wildman–Crippen MR) is 87.2 cm³/mol. The van der Waals surface area contributed by atoms with Crippen molar-refractivity contribution in [2.45, 2.75) is 13.3 Å². The Labute approximate surface area is 138 Å². The molecule has 0 radical (unpaired) electrons. The number of hydrogen-bond acceptors (Lipinski definition) is 6. The lowest BCUT2D eigenvalue weighted by Gasteiger charge is -2.15. The van der Waals surface area contributed by atoms with Crippen LogP contribution < -0.4 is 5.32 Å². The van der Waals surface area contributed by atoms with Gasteiger partial charge in [-0.15, -0.1) is 0 Å². The first-order valence-electron chi connectivity index (χ1n) is 7.48. The Hall–Kier alpha value is -3.15. The van der Waals surface area contributed by atoms with Gasteiger partial charge in [0.05, 0.1) is 11.3 Å². The number of nitrogens with zero attached hydrogens (tertiary/aromatic N) is 1. The summed E-state index contributed by atoms with van der Waals surface area (Å²) in [4.78, 5) is 28.3. The van der Waals surface area contributed by atoms with Gasteiger partial charge in [0.1, 0.15) is 17.2 Å². The lowest BCUT2D eigenvalue weighted by atomic mass is 9.97. The van der Waals surface area contributed by atoms with Gasteiger partial charge in [0.25, 0.3) is 0 Å². The summed E-state index contributed by atoms with van der Waals surface area (Å²) >= 11 is 0. The smallest absolute Gasteiger partial charge is 0.228 e. The summed E-state index contributed by atoms with van der Waals surface area (Å²) in [5.74, 6) is -0.539. The van der Waals surface area contributed by atoms with Crippen LogP contribution in [0.25, 0.3) is 0 Å². The van der Waals surface area contributed by atoms with E-state index < -0.39 is 0 Å². The Morgan fingerprint density at radius 3 is 2.58 bits per heavy atom. The van der Waals surface area contributed by atoms with Crippen LogP contribution in [-0.4, -0.2) is 33.3 Å². The van der Waals surface area contributed by atoms with E-state index in [9.17, 15) is 19.8 Å². The number of pyridine rings is 1. The molecule has 0 atom stereocenters. The average Bonchev–Trinajstić information content (AvgIpc) is 2.57. The maximum Gasteiger partial charge on any atom is 0.228 e. The highest BCUT2D eigenvalue weighted by Gasteiger charge is 2.26. The SMILES string of the molecule is Cc1c(O)cc(CCNC2=CC(=O)c3cccnc3C2=O)cc1O. The number of phenolic OH excluding ortho intramolecular Hbond substituents is 2. The highest BCUT2D eigenvalue weighted by molar-refractivity contribution is 6.23. The zero-order valence-corrected chi connectivity index (χ0v) is 13.0. The van der Waals surface area contributed by atoms with Crippen molar-refractivity contribution in [3.05, 3.63) is 64.6 Å². The van der Waals surface area contributed by atoms with Crippen molar-refractivity contribution in [1.29, 1.82) is 0 Å². The molecule has 3 N–H and O–H groups in total. The van der Waals surface area contributed by atoms with Gasteiger partial charge in [0.2, 0.25) is 5.78 Å². The van der Waals surface area contributed by atoms with Crippen molar-refractivity contribution >= 4 is 11.6 Å². The van der Waals surface area contributed by atoms with E-state index >= 15 is 0 Å². The molecule has 0 saturated heterocycles. The molecule has 1 aromatic heterocycles. The number of aromatic hydroxyl groups is 2. The lowest BCUT2D eigenvalue weighted by molar-refractivity contribution is 0.0974. The molecule has 0 saturated carbocycles. The Morgan fingerprint density at radius 2 is 1.88 bits per heavy atom. The third kappa shape index (κ3) is 2.86. The number of ketones is 2. The molecule has 24 heavy (non-hydrogen) atoms. The van der Waals surface area contributed by atoms with E-state index in [4.69, 9.17) is 0 Å². The third-order valence-electron chi connectivity index (χ3n) is 3.95. The molecule has 0 amide bonds. The average molecular weight is 324 g/mol. The minimum atomic E-state index is -0.320. The molecule has 6 heteroatoms. The van der Waals surface area contributed by atoms with Crippen LogP contribution in [0.15, 0.2) is 42.2 Å². The molecule has 1 aliphatic carbocycles. The Bertz CT molecular complexity index is 848. The van der Waals surface area contributed by atoms with Crippen LogP contribution in [0.4, 0.5) is 0 Å². The molecule has 3 rings (SSSR count). The van der Waals surface area contributed by atoms with Crippen LogP contribution in [0.3, 0.4) is 0 Å². The van der Waals surface area contributed by atoms with Crippen LogP contribution in [0, 0.1) is 6.92 Å². The number of phenols is 2. The molecule has 2 aromatic rings. The van der Waals surface area contributed by atoms with Crippen molar-refractivity contribution < 1.29 is 19.8 Å². The van der Waals surface area contributed by atoms with E-state index in [2.05, 4.69) is 10.3 Å². The fourth-order valence-electron chi connectivity index (χ4n) is 2.54. The molecule has 1 aliphatic rings. The van der Waals surface area contributed by atoms with Crippen LogP contribution in [0.1, 0.15) is 32.0 Å². The number of carbonyl (C=O) groups is 2. The molecule has 1 aromatic carbocycles. The second kappa shape index (κ2) is 6.16. The Morgan fingerprint density at radius 1 is 1.17 bits per heavy atom. The quantitative estimate of drug-likeness (QED) is 0.794. The van der Waals surface area contributed by atoms with Gasteiger partial charge in [-0.3, -0.25) is 14.6 Å². The molecule has 0 spiro atoms. The first kappa shape index (κ1) is 15.7. The minimum absolute atomic E-state index is 0.0197. The Balaban J connectivity index is 1.70. The number of fused-ring (bicyclic) bond motifs is 1. The molecule has 1 heterocycles. The van der Waals surface area contributed by atoms with Crippen molar-refractivity contribution in [2.24, 2.45) is 0 Å². The fourth-order valence-corrected chi connectivity index (χ4v) is 2.54. The summed E-state index contributed by atoms with van der Waals surface area (Å²) in [6.07, 6.45) is 3.22. The summed E-state index contributed by atoms with van der Waals surface area (Å²) in [5.41, 5.74) is 1.80. The fraction of sp³-hybridized carbons (Fsp3) is 0.167. The standard InChI is InChI=1S/C18H16N2O4/c1-10-14(21)7-11(8-15(10)22)4-6-19-13-9-16(23)12-3-2-5-20-17(12)18(13)24/h2-3,5,7-9,19,21-22H,4,6H2,1H3. The number of nitrogens with one attached hydrogen (secondary N) is 1. The number of allylic oxidation sites excluding steroid dienone is 2. The summed E-state index contributed by atoms with van der Waals surface area (Å²) in [5, 5.41) is 22.4. The van der Waals surface area contributed by atoms with Crippen LogP contribution >= 0.6 is 0 Å². The number of Topliss-reactive ketones (excluding diaryl/α,β-unsaturated/α-hetero) is 1. The summed E-state index contributed by atoms with van der Waals surface area (Å²) in [7, 11) is 0. The van der Waals surface area contributed by atoms with Gasteiger partial charge in [-0.25, -0.2) is 0 Å². The first-order valence-corrected chi connectivity index (χ1v) is 7.48. The van der Waals surface area contributed by atoms with Crippen LogP contribution in [0.5, 0.6) is 11.5 Å². The van der Waals surface area contributed by atoms with Gasteiger partial charge in [0.15, 0.2) is 5.78 Å². The third-order valence-corrected chi connectivity index (χ3v) is 3.95. The molecule has 122 valence electrons. The first-order chi connectivity index (χ1) is 11.5. The van der Waals surface area contributed by atoms with Crippen LogP contribution in [-0.2, 0) is 6.42 Å². The van der Waals surface area contributed by atoms with Gasteiger partial charge in [-0.1, -0.05) is 0 Å². The molecule has 0 aliphatic heterocycles. The molecule has 6 nitrogen and oxygen atoms in total. The molecular weight excluding hydrogens is 308 g/mol. The van der Waals surface area contributed by atoms with Gasteiger partial charge in [-0.2, -0.15) is 0 Å². The summed E-state index contributed by atoms with van der Waals surface area (Å²) in [6, 6.07) is 6.33. The van der Waals surface area contributed by atoms with Crippen LogP contribution in [0.2, 0.25) is 0 Å². The largest absolute Gasteiger partial charge is 0.508 e. The van der Waals surface area contributed by atoms with E-state index in [0.29, 0.717) is 24.1 Å². The number of aromatic nitrogens is 1. The van der Waals surface area contributed by atoms with Crippen molar-refractivity contribution in [3.8, 4) is 11.5 Å². The molecule has 0 unspecified atom stereocenters. The monoisotopic (exact) mass is 324 g/mol. The summed E-state index contributed by atoms with van der Waals surface area (Å²) in [6.45, 7) is 1.99. The maximum absolute atomic E-state index is 12.3. The highest BCUT2D eigenvalue weighted by Crippen LogP contribution is 2.27. The van der Waals surface area contributed by atoms with Gasteiger partial charge in [-0.05, 0) is 43.2 Å². The second-order valence-corrected chi connectivity index (χ2v) is 5.59. The minimum Gasteiger partial charge on any atom is -0.508 e. The molecular formula is C18H16N2O4. The van der Waals surface area contributed by atoms with E-state index in [1.807, 2.05) is 0 Å². The lowest BCUT2D eigenvalue weighted by Crippen LogP contribution is -2.29. The topological polar surface area (TPSA) is 99.5 Å². The van der Waals surface area contributed by atoms with Crippen molar-refractivity contribution in [2.75, 3.05) is 6.54 Å². The zero-order chi connectivity index (χ0) is 17.3. The number of rotatable bonds is 4. The van der Waals surface area contributed by atoms with Gasteiger partial charge >= 0.3 is 0 Å².